The third-order valence-electron chi connectivity index (χ3n) is 0.669. The van der Waals surface area contributed by atoms with Crippen LogP contribution in [0.2, 0.25) is 0 Å². The van der Waals surface area contributed by atoms with Crippen LogP contribution in [0.3, 0.4) is 0 Å². The molecule has 0 saturated heterocycles. The summed E-state index contributed by atoms with van der Waals surface area (Å²) in [5, 5.41) is 7.42. The number of carbonyl (C=O) groups is 2. The number of carboxylic acids is 1. The fourth-order valence-electron chi connectivity index (χ4n) is 0.356. The summed E-state index contributed by atoms with van der Waals surface area (Å²) in [6.07, 6.45) is 2.46. The number of carbonyl (C=O) groups excluding carboxylic acids is 1. The van der Waals surface area contributed by atoms with Crippen LogP contribution in [-0.2, 0) is 14.3 Å². The van der Waals surface area contributed by atoms with Gasteiger partial charge in [-0.05, 0) is 6.42 Å². The van der Waals surface area contributed by atoms with Crippen molar-refractivity contribution in [2.75, 3.05) is 0 Å². The second-order valence-corrected chi connectivity index (χ2v) is 1.93. The van der Waals surface area contributed by atoms with E-state index in [1.807, 2.05) is 6.92 Å². The molecule has 0 saturated carbocycles. The zero-order valence-electron chi connectivity index (χ0n) is 7.37. The predicted molar refractivity (Wildman–Crippen MR) is 44.5 cm³/mol. The maximum atomic E-state index is 10.3. The zero-order valence-corrected chi connectivity index (χ0v) is 7.37. The number of aliphatic carboxylic acids is 1. The van der Waals surface area contributed by atoms with E-state index in [0.717, 1.165) is 19.6 Å². The number of rotatable bonds is 3. The predicted octanol–water partition coefficient (Wildman–Crippen LogP) is 1.56. The van der Waals surface area contributed by atoms with E-state index in [4.69, 9.17) is 9.90 Å². The molecule has 0 atom stereocenters. The summed E-state index contributed by atoms with van der Waals surface area (Å²) in [5.41, 5.74) is 0. The van der Waals surface area contributed by atoms with Crippen molar-refractivity contribution in [2.24, 2.45) is 0 Å². The van der Waals surface area contributed by atoms with E-state index in [9.17, 15) is 4.79 Å². The average Bonchev–Trinajstić information content (AvgIpc) is 1.87. The molecule has 70 valence electrons. The van der Waals surface area contributed by atoms with Crippen LogP contribution in [0, 0.1) is 0 Å². The highest BCUT2D eigenvalue weighted by Crippen LogP contribution is 1.89. The molecule has 0 aliphatic rings. The van der Waals surface area contributed by atoms with Crippen LogP contribution in [0.5, 0.6) is 0 Å². The van der Waals surface area contributed by atoms with Gasteiger partial charge < -0.3 is 9.84 Å². The van der Waals surface area contributed by atoms with Gasteiger partial charge in [-0.2, -0.15) is 0 Å². The van der Waals surface area contributed by atoms with E-state index in [1.165, 1.54) is 0 Å². The van der Waals surface area contributed by atoms with Crippen LogP contribution in [0.1, 0.15) is 26.7 Å². The van der Waals surface area contributed by atoms with Gasteiger partial charge in [0.2, 0.25) is 0 Å². The summed E-state index contributed by atoms with van der Waals surface area (Å²) in [7, 11) is 0. The Labute approximate surface area is 71.8 Å². The van der Waals surface area contributed by atoms with Gasteiger partial charge in [0.05, 0.1) is 6.26 Å². The van der Waals surface area contributed by atoms with Gasteiger partial charge in [0.25, 0.3) is 5.97 Å². The Morgan fingerprint density at radius 2 is 2.00 bits per heavy atom. The van der Waals surface area contributed by atoms with Gasteiger partial charge in [-0.25, -0.2) is 0 Å². The Morgan fingerprint density at radius 1 is 1.58 bits per heavy atom. The molecule has 0 aromatic rings. The lowest BCUT2D eigenvalue weighted by atomic mass is 10.3. The van der Waals surface area contributed by atoms with Crippen LogP contribution >= 0.6 is 0 Å². The van der Waals surface area contributed by atoms with Crippen molar-refractivity contribution in [1.29, 1.82) is 0 Å². The van der Waals surface area contributed by atoms with Crippen LogP contribution in [-0.4, -0.2) is 17.0 Å². The lowest BCUT2D eigenvalue weighted by Gasteiger charge is -1.92. The Balaban J connectivity index is 0. The lowest BCUT2D eigenvalue weighted by Crippen LogP contribution is -1.96. The third kappa shape index (κ3) is 23.4. The summed E-state index contributed by atoms with van der Waals surface area (Å²) in [6.45, 7) is 6.24. The van der Waals surface area contributed by atoms with E-state index >= 15 is 0 Å². The molecule has 0 heterocycles. The summed E-state index contributed by atoms with van der Waals surface area (Å²) >= 11 is 0. The maximum absolute atomic E-state index is 10.3. The molecule has 0 aliphatic carbocycles. The molecule has 0 rings (SSSR count). The first kappa shape index (κ1) is 13.3. The molecule has 0 aromatic heterocycles. The molecule has 0 aliphatic heterocycles. The van der Waals surface area contributed by atoms with Gasteiger partial charge >= 0.3 is 5.97 Å². The normalized spacial score (nSPS) is 7.50. The fourth-order valence-corrected chi connectivity index (χ4v) is 0.356. The zero-order chi connectivity index (χ0) is 9.98. The van der Waals surface area contributed by atoms with Crippen molar-refractivity contribution in [2.45, 2.75) is 26.7 Å². The summed E-state index contributed by atoms with van der Waals surface area (Å²) in [5.74, 6) is -1.04. The molecule has 4 nitrogen and oxygen atoms in total. The number of hydrogen-bond donors (Lipinski definition) is 1. The van der Waals surface area contributed by atoms with E-state index in [1.54, 1.807) is 0 Å². The molecule has 0 spiro atoms. The topological polar surface area (TPSA) is 63.6 Å². The van der Waals surface area contributed by atoms with Crippen molar-refractivity contribution >= 4 is 11.9 Å². The molecular formula is C8H14O4. The average molecular weight is 174 g/mol. The van der Waals surface area contributed by atoms with Gasteiger partial charge in [0.15, 0.2) is 0 Å². The van der Waals surface area contributed by atoms with Crippen LogP contribution in [0.4, 0.5) is 0 Å². The SMILES string of the molecule is C=COC(=O)CCC.CC(=O)O. The van der Waals surface area contributed by atoms with Crippen LogP contribution in [0.25, 0.3) is 0 Å². The third-order valence-corrected chi connectivity index (χ3v) is 0.669. The van der Waals surface area contributed by atoms with Gasteiger partial charge in [-0.15, -0.1) is 0 Å². The summed E-state index contributed by atoms with van der Waals surface area (Å²) in [6, 6.07) is 0. The van der Waals surface area contributed by atoms with Crippen LogP contribution < -0.4 is 0 Å². The van der Waals surface area contributed by atoms with Gasteiger partial charge in [0, 0.05) is 13.3 Å². The first-order chi connectivity index (χ1) is 5.54. The fraction of sp³-hybridized carbons (Fsp3) is 0.500. The first-order valence-electron chi connectivity index (χ1n) is 3.54. The smallest absolute Gasteiger partial charge is 0.310 e. The van der Waals surface area contributed by atoms with Crippen molar-refractivity contribution < 1.29 is 19.4 Å². The van der Waals surface area contributed by atoms with E-state index in [2.05, 4.69) is 11.3 Å². The van der Waals surface area contributed by atoms with E-state index in [0.29, 0.717) is 6.42 Å². The second kappa shape index (κ2) is 9.68. The molecule has 4 heteroatoms. The largest absolute Gasteiger partial charge is 0.481 e. The summed E-state index contributed by atoms with van der Waals surface area (Å²) < 4.78 is 4.41. The van der Waals surface area contributed by atoms with Crippen LogP contribution in [0.15, 0.2) is 12.8 Å². The van der Waals surface area contributed by atoms with Gasteiger partial charge in [0.1, 0.15) is 0 Å². The standard InChI is InChI=1S/C6H10O2.C2H4O2/c1-3-5-6(7)8-4-2;1-2(3)4/h4H,2-3,5H2,1H3;1H3,(H,3,4). The van der Waals surface area contributed by atoms with Crippen molar-refractivity contribution in [3.63, 3.8) is 0 Å². The van der Waals surface area contributed by atoms with E-state index in [-0.39, 0.29) is 5.97 Å². The first-order valence-corrected chi connectivity index (χ1v) is 3.54. The Morgan fingerprint density at radius 3 is 2.25 bits per heavy atom. The molecule has 1 N–H and O–H groups in total. The molecule has 0 radical (unpaired) electrons. The monoisotopic (exact) mass is 174 g/mol. The van der Waals surface area contributed by atoms with Crippen molar-refractivity contribution in [3.05, 3.63) is 12.8 Å². The molecule has 0 aromatic carbocycles. The van der Waals surface area contributed by atoms with Crippen molar-refractivity contribution in [1.82, 2.24) is 0 Å². The number of ether oxygens (including phenoxy) is 1. The number of hydrogen-bond acceptors (Lipinski definition) is 3. The second-order valence-electron chi connectivity index (χ2n) is 1.93. The van der Waals surface area contributed by atoms with Crippen molar-refractivity contribution in [3.8, 4) is 0 Å². The quantitative estimate of drug-likeness (QED) is 0.521. The minimum Gasteiger partial charge on any atom is -0.481 e. The number of carboxylic acid groups (broad SMARTS) is 1. The summed E-state index contributed by atoms with van der Waals surface area (Å²) in [4.78, 5) is 19.3. The number of esters is 1. The maximum Gasteiger partial charge on any atom is 0.310 e. The minimum atomic E-state index is -0.833. The molecule has 12 heavy (non-hydrogen) atoms. The molecule has 0 unspecified atom stereocenters. The molecular weight excluding hydrogens is 160 g/mol. The van der Waals surface area contributed by atoms with E-state index < -0.39 is 5.97 Å². The van der Waals surface area contributed by atoms with Gasteiger partial charge in [-0.3, -0.25) is 9.59 Å². The highest BCUT2D eigenvalue weighted by molar-refractivity contribution is 5.69. The molecule has 0 bridgehead atoms. The Kier molecular flexibility index (Phi) is 10.7. The molecule has 0 fully saturated rings. The lowest BCUT2D eigenvalue weighted by molar-refractivity contribution is -0.138. The molecule has 0 amide bonds. The van der Waals surface area contributed by atoms with Gasteiger partial charge in [-0.1, -0.05) is 13.5 Å². The Hall–Kier alpha value is -1.32. The highest BCUT2D eigenvalue weighted by Gasteiger charge is 1.94. The minimum absolute atomic E-state index is 0.206. The highest BCUT2D eigenvalue weighted by atomic mass is 16.5. The Bertz CT molecular complexity index is 147.